The Labute approximate surface area is 119 Å². The van der Waals surface area contributed by atoms with Gasteiger partial charge in [0.2, 0.25) is 0 Å². The molecule has 1 aliphatic heterocycles. The molecule has 1 aromatic heterocycles. The minimum Gasteiger partial charge on any atom is -0.331 e. The maximum absolute atomic E-state index is 5.47. The third kappa shape index (κ3) is 2.23. The molecule has 0 saturated heterocycles. The first kappa shape index (κ1) is 12.9. The van der Waals surface area contributed by atoms with E-state index in [-0.39, 0.29) is 0 Å². The molecule has 1 aromatic carbocycles. The predicted molar refractivity (Wildman–Crippen MR) is 81.8 cm³/mol. The molecule has 2 heterocycles. The lowest BCUT2D eigenvalue weighted by Crippen LogP contribution is -2.36. The van der Waals surface area contributed by atoms with Gasteiger partial charge in [-0.2, -0.15) is 0 Å². The van der Waals surface area contributed by atoms with E-state index in [1.807, 2.05) is 0 Å². The van der Waals surface area contributed by atoms with Gasteiger partial charge in [0.15, 0.2) is 4.77 Å². The largest absolute Gasteiger partial charge is 0.331 e. The van der Waals surface area contributed by atoms with Crippen LogP contribution in [0.25, 0.3) is 11.0 Å². The second-order valence-corrected chi connectivity index (χ2v) is 6.41. The lowest BCUT2D eigenvalue weighted by molar-refractivity contribution is 0.169. The third-order valence-corrected chi connectivity index (χ3v) is 4.24. The Morgan fingerprint density at radius 3 is 2.95 bits per heavy atom. The SMILES string of the molecule is CC(C)CN1Cc2cccc3[nH]c(=S)n(c23)C[C@@H]1C. The summed E-state index contributed by atoms with van der Waals surface area (Å²) >= 11 is 5.47. The number of hydrogen-bond donors (Lipinski definition) is 1. The van der Waals surface area contributed by atoms with Gasteiger partial charge in [0.05, 0.1) is 11.0 Å². The van der Waals surface area contributed by atoms with E-state index in [0.29, 0.717) is 12.0 Å². The van der Waals surface area contributed by atoms with Crippen LogP contribution in [-0.4, -0.2) is 27.0 Å². The topological polar surface area (TPSA) is 24.0 Å². The monoisotopic (exact) mass is 275 g/mol. The minimum absolute atomic E-state index is 0.514. The molecule has 0 spiro atoms. The van der Waals surface area contributed by atoms with Gasteiger partial charge < -0.3 is 9.55 Å². The minimum atomic E-state index is 0.514. The van der Waals surface area contributed by atoms with Gasteiger partial charge in [-0.3, -0.25) is 4.90 Å². The van der Waals surface area contributed by atoms with Gasteiger partial charge in [0.25, 0.3) is 0 Å². The molecule has 1 aliphatic rings. The van der Waals surface area contributed by atoms with Crippen molar-refractivity contribution in [3.63, 3.8) is 0 Å². The van der Waals surface area contributed by atoms with E-state index in [4.69, 9.17) is 12.2 Å². The van der Waals surface area contributed by atoms with Crippen molar-refractivity contribution in [2.45, 2.75) is 39.9 Å². The van der Waals surface area contributed by atoms with E-state index in [9.17, 15) is 0 Å². The summed E-state index contributed by atoms with van der Waals surface area (Å²) in [5.41, 5.74) is 3.85. The summed E-state index contributed by atoms with van der Waals surface area (Å²) in [5, 5.41) is 0. The number of benzene rings is 1. The summed E-state index contributed by atoms with van der Waals surface area (Å²) in [6.07, 6.45) is 0. The second kappa shape index (κ2) is 4.76. The molecule has 0 fully saturated rings. The van der Waals surface area contributed by atoms with E-state index in [1.165, 1.54) is 16.6 Å². The van der Waals surface area contributed by atoms with Crippen LogP contribution in [0.3, 0.4) is 0 Å². The summed E-state index contributed by atoms with van der Waals surface area (Å²) in [7, 11) is 0. The Bertz CT molecular complexity index is 653. The Balaban J connectivity index is 2.11. The van der Waals surface area contributed by atoms with E-state index >= 15 is 0 Å². The third-order valence-electron chi connectivity index (χ3n) is 3.92. The number of para-hydroxylation sites is 1. The molecule has 0 amide bonds. The smallest absolute Gasteiger partial charge is 0.178 e. The lowest BCUT2D eigenvalue weighted by Gasteiger charge is -2.28. The van der Waals surface area contributed by atoms with Crippen LogP contribution in [0.5, 0.6) is 0 Å². The molecule has 0 saturated carbocycles. The first-order chi connectivity index (χ1) is 9.06. The van der Waals surface area contributed by atoms with Gasteiger partial charge >= 0.3 is 0 Å². The Morgan fingerprint density at radius 2 is 2.21 bits per heavy atom. The average Bonchev–Trinajstić information content (AvgIpc) is 2.57. The number of aromatic amines is 1. The molecular formula is C15H21N3S. The lowest BCUT2D eigenvalue weighted by atomic mass is 10.1. The number of nitrogens with zero attached hydrogens (tertiary/aromatic N) is 2. The normalized spacial score (nSPS) is 20.1. The number of imidazole rings is 1. The van der Waals surface area contributed by atoms with Crippen molar-refractivity contribution in [1.82, 2.24) is 14.5 Å². The number of hydrogen-bond acceptors (Lipinski definition) is 2. The fourth-order valence-electron chi connectivity index (χ4n) is 3.06. The van der Waals surface area contributed by atoms with Crippen LogP contribution in [0, 0.1) is 10.7 Å². The standard InChI is InChI=1S/C15H21N3S/c1-10(2)7-17-9-12-5-4-6-13-14(12)18(8-11(17)3)15(19)16-13/h4-6,10-11H,7-9H2,1-3H3,(H,16,19)/t11-/m0/s1. The van der Waals surface area contributed by atoms with Crippen LogP contribution >= 0.6 is 12.2 Å². The van der Waals surface area contributed by atoms with Crippen LogP contribution < -0.4 is 0 Å². The number of rotatable bonds is 2. The van der Waals surface area contributed by atoms with E-state index in [2.05, 4.69) is 53.4 Å². The summed E-state index contributed by atoms with van der Waals surface area (Å²) in [6.45, 7) is 10.00. The number of aromatic nitrogens is 2. The van der Waals surface area contributed by atoms with Crippen molar-refractivity contribution in [3.05, 3.63) is 28.5 Å². The molecule has 3 rings (SSSR count). The summed E-state index contributed by atoms with van der Waals surface area (Å²) in [5.74, 6) is 0.689. The van der Waals surface area contributed by atoms with Crippen molar-refractivity contribution in [2.24, 2.45) is 5.92 Å². The van der Waals surface area contributed by atoms with Crippen LogP contribution in [0.1, 0.15) is 26.3 Å². The molecule has 0 aliphatic carbocycles. The molecule has 0 bridgehead atoms. The molecule has 1 atom stereocenters. The summed E-state index contributed by atoms with van der Waals surface area (Å²) < 4.78 is 3.12. The zero-order valence-corrected chi connectivity index (χ0v) is 12.6. The van der Waals surface area contributed by atoms with E-state index < -0.39 is 0 Å². The molecular weight excluding hydrogens is 254 g/mol. The van der Waals surface area contributed by atoms with Crippen LogP contribution in [0.4, 0.5) is 0 Å². The Hall–Kier alpha value is -1.13. The van der Waals surface area contributed by atoms with Crippen molar-refractivity contribution in [2.75, 3.05) is 6.54 Å². The van der Waals surface area contributed by atoms with E-state index in [1.54, 1.807) is 0 Å². The van der Waals surface area contributed by atoms with Gasteiger partial charge in [0, 0.05) is 25.7 Å². The van der Waals surface area contributed by atoms with Gasteiger partial charge in [-0.25, -0.2) is 0 Å². The van der Waals surface area contributed by atoms with Crippen LogP contribution in [0.15, 0.2) is 18.2 Å². The fourth-order valence-corrected chi connectivity index (χ4v) is 3.34. The first-order valence-corrected chi connectivity index (χ1v) is 7.41. The van der Waals surface area contributed by atoms with E-state index in [0.717, 1.165) is 24.4 Å². The number of H-pyrrole nitrogens is 1. The molecule has 2 aromatic rings. The molecule has 4 heteroatoms. The molecule has 3 nitrogen and oxygen atoms in total. The van der Waals surface area contributed by atoms with Crippen molar-refractivity contribution >= 4 is 23.3 Å². The average molecular weight is 275 g/mol. The zero-order chi connectivity index (χ0) is 13.6. The molecule has 0 radical (unpaired) electrons. The Morgan fingerprint density at radius 1 is 1.42 bits per heavy atom. The van der Waals surface area contributed by atoms with Crippen LogP contribution in [-0.2, 0) is 13.1 Å². The number of nitrogens with one attached hydrogen (secondary N) is 1. The van der Waals surface area contributed by atoms with Gasteiger partial charge in [-0.1, -0.05) is 26.0 Å². The first-order valence-electron chi connectivity index (χ1n) is 7.00. The fraction of sp³-hybridized carbons (Fsp3) is 0.533. The molecule has 0 unspecified atom stereocenters. The van der Waals surface area contributed by atoms with Gasteiger partial charge in [-0.05, 0) is 36.7 Å². The predicted octanol–water partition coefficient (Wildman–Crippen LogP) is 3.56. The van der Waals surface area contributed by atoms with Crippen molar-refractivity contribution < 1.29 is 0 Å². The zero-order valence-electron chi connectivity index (χ0n) is 11.8. The van der Waals surface area contributed by atoms with Gasteiger partial charge in [0.1, 0.15) is 0 Å². The quantitative estimate of drug-likeness (QED) is 0.847. The molecule has 1 N–H and O–H groups in total. The van der Waals surface area contributed by atoms with Crippen LogP contribution in [0.2, 0.25) is 0 Å². The second-order valence-electron chi connectivity index (χ2n) is 6.03. The highest BCUT2D eigenvalue weighted by atomic mass is 32.1. The Kier molecular flexibility index (Phi) is 3.23. The van der Waals surface area contributed by atoms with Gasteiger partial charge in [-0.15, -0.1) is 0 Å². The molecule has 19 heavy (non-hydrogen) atoms. The highest BCUT2D eigenvalue weighted by molar-refractivity contribution is 7.71. The summed E-state index contributed by atoms with van der Waals surface area (Å²) in [6, 6.07) is 6.98. The van der Waals surface area contributed by atoms with Crippen molar-refractivity contribution in [1.29, 1.82) is 0 Å². The van der Waals surface area contributed by atoms with Crippen molar-refractivity contribution in [3.8, 4) is 0 Å². The molecule has 102 valence electrons. The maximum atomic E-state index is 5.47. The highest BCUT2D eigenvalue weighted by Crippen LogP contribution is 2.26. The highest BCUT2D eigenvalue weighted by Gasteiger charge is 2.23. The maximum Gasteiger partial charge on any atom is 0.178 e. The summed E-state index contributed by atoms with van der Waals surface area (Å²) in [4.78, 5) is 5.89.